The first kappa shape index (κ1) is 8.75. The lowest BCUT2D eigenvalue weighted by atomic mass is 10.1. The monoisotopic (exact) mass is 217 g/mol. The first-order valence-corrected chi connectivity index (χ1v) is 5.25. The molecule has 0 aliphatic heterocycles. The smallest absolute Gasteiger partial charge is 0.140 e. The number of halogens is 1. The van der Waals surface area contributed by atoms with Crippen LogP contribution in [0.4, 0.5) is 0 Å². The molecule has 0 amide bonds. The van der Waals surface area contributed by atoms with E-state index in [-0.39, 0.29) is 0 Å². The van der Waals surface area contributed by atoms with Crippen LogP contribution in [0, 0.1) is 11.3 Å². The van der Waals surface area contributed by atoms with E-state index < -0.39 is 0 Å². The molecule has 0 spiro atoms. The number of nitrogens with one attached hydrogen (secondary N) is 1. The van der Waals surface area contributed by atoms with E-state index in [4.69, 9.17) is 16.9 Å². The minimum absolute atomic E-state index is 0.496. The van der Waals surface area contributed by atoms with Gasteiger partial charge in [-0.1, -0.05) is 11.6 Å². The van der Waals surface area contributed by atoms with Crippen LogP contribution in [-0.2, 0) is 0 Å². The van der Waals surface area contributed by atoms with Crippen molar-refractivity contribution in [3.63, 3.8) is 0 Å². The zero-order chi connectivity index (χ0) is 10.4. The number of fused-ring (bicyclic) bond motifs is 1. The molecule has 3 nitrogen and oxygen atoms in total. The molecule has 0 aromatic carbocycles. The summed E-state index contributed by atoms with van der Waals surface area (Å²) in [4.78, 5) is 7.16. The van der Waals surface area contributed by atoms with E-state index in [0.29, 0.717) is 16.6 Å². The third-order valence-corrected chi connectivity index (χ3v) is 2.97. The van der Waals surface area contributed by atoms with Gasteiger partial charge in [0.05, 0.1) is 5.56 Å². The minimum atomic E-state index is 0.496. The van der Waals surface area contributed by atoms with Crippen molar-refractivity contribution < 1.29 is 0 Å². The van der Waals surface area contributed by atoms with Gasteiger partial charge in [0.15, 0.2) is 0 Å². The molecule has 1 fully saturated rings. The Kier molecular flexibility index (Phi) is 1.74. The van der Waals surface area contributed by atoms with E-state index in [0.717, 1.165) is 11.0 Å². The molecule has 2 aromatic heterocycles. The number of H-pyrrole nitrogens is 1. The van der Waals surface area contributed by atoms with E-state index in [1.807, 2.05) is 6.07 Å². The third kappa shape index (κ3) is 1.30. The zero-order valence-corrected chi connectivity index (χ0v) is 8.67. The van der Waals surface area contributed by atoms with Crippen molar-refractivity contribution in [1.29, 1.82) is 5.26 Å². The van der Waals surface area contributed by atoms with Crippen LogP contribution in [0.2, 0.25) is 5.15 Å². The van der Waals surface area contributed by atoms with Crippen molar-refractivity contribution in [3.8, 4) is 6.07 Å². The number of nitrogens with zero attached hydrogens (tertiary/aromatic N) is 2. The Morgan fingerprint density at radius 3 is 3.00 bits per heavy atom. The molecule has 3 rings (SSSR count). The second kappa shape index (κ2) is 2.98. The normalized spacial score (nSPS) is 15.5. The molecule has 0 bridgehead atoms. The summed E-state index contributed by atoms with van der Waals surface area (Å²) in [7, 11) is 0. The van der Waals surface area contributed by atoms with E-state index in [2.05, 4.69) is 16.0 Å². The van der Waals surface area contributed by atoms with Gasteiger partial charge < -0.3 is 4.98 Å². The number of nitriles is 1. The van der Waals surface area contributed by atoms with Crippen LogP contribution in [0.1, 0.15) is 29.9 Å². The van der Waals surface area contributed by atoms with Gasteiger partial charge in [0.25, 0.3) is 0 Å². The summed E-state index contributed by atoms with van der Waals surface area (Å²) in [6, 6.07) is 4.06. The van der Waals surface area contributed by atoms with Gasteiger partial charge in [0.2, 0.25) is 0 Å². The second-order valence-electron chi connectivity index (χ2n) is 3.85. The molecule has 2 heterocycles. The Morgan fingerprint density at radius 2 is 2.33 bits per heavy atom. The summed E-state index contributed by atoms with van der Waals surface area (Å²) < 4.78 is 0. The molecule has 1 aliphatic carbocycles. The lowest BCUT2D eigenvalue weighted by Gasteiger charge is -2.01. The Hall–Kier alpha value is -1.53. The molecule has 2 aromatic rings. The molecular formula is C11H8ClN3. The highest BCUT2D eigenvalue weighted by Gasteiger charge is 2.27. The van der Waals surface area contributed by atoms with Crippen LogP contribution in [-0.4, -0.2) is 9.97 Å². The molecule has 15 heavy (non-hydrogen) atoms. The van der Waals surface area contributed by atoms with Crippen molar-refractivity contribution in [2.24, 2.45) is 0 Å². The molecule has 74 valence electrons. The van der Waals surface area contributed by atoms with Gasteiger partial charge in [-0.2, -0.15) is 5.26 Å². The fourth-order valence-electron chi connectivity index (χ4n) is 1.94. The average Bonchev–Trinajstić information content (AvgIpc) is 2.98. The van der Waals surface area contributed by atoms with Crippen molar-refractivity contribution in [3.05, 3.63) is 28.5 Å². The van der Waals surface area contributed by atoms with Crippen molar-refractivity contribution in [2.75, 3.05) is 0 Å². The summed E-state index contributed by atoms with van der Waals surface area (Å²) in [5, 5.41) is 10.4. The first-order chi connectivity index (χ1) is 7.29. The summed E-state index contributed by atoms with van der Waals surface area (Å²) in [6.45, 7) is 0. The van der Waals surface area contributed by atoms with Crippen LogP contribution < -0.4 is 0 Å². The number of pyridine rings is 1. The van der Waals surface area contributed by atoms with E-state index in [1.54, 1.807) is 6.20 Å². The SMILES string of the molecule is N#Cc1c[nH]c2nc(Cl)cc(C3CC3)c12. The quantitative estimate of drug-likeness (QED) is 0.747. The van der Waals surface area contributed by atoms with Crippen LogP contribution in [0.5, 0.6) is 0 Å². The van der Waals surface area contributed by atoms with Crippen molar-refractivity contribution in [1.82, 2.24) is 9.97 Å². The molecule has 1 aliphatic rings. The van der Waals surface area contributed by atoms with Gasteiger partial charge >= 0.3 is 0 Å². The Bertz CT molecular complexity index is 575. The largest absolute Gasteiger partial charge is 0.345 e. The molecule has 0 unspecified atom stereocenters. The maximum Gasteiger partial charge on any atom is 0.140 e. The predicted molar refractivity (Wildman–Crippen MR) is 57.8 cm³/mol. The fourth-order valence-corrected chi connectivity index (χ4v) is 2.14. The molecule has 1 N–H and O–H groups in total. The number of rotatable bonds is 1. The van der Waals surface area contributed by atoms with Gasteiger partial charge in [-0.15, -0.1) is 0 Å². The summed E-state index contributed by atoms with van der Waals surface area (Å²) >= 11 is 5.93. The van der Waals surface area contributed by atoms with E-state index >= 15 is 0 Å². The molecule has 0 radical (unpaired) electrons. The maximum absolute atomic E-state index is 8.99. The predicted octanol–water partition coefficient (Wildman–Crippen LogP) is 2.97. The van der Waals surface area contributed by atoms with Crippen LogP contribution >= 0.6 is 11.6 Å². The average molecular weight is 218 g/mol. The summed E-state index contributed by atoms with van der Waals surface area (Å²) in [5.74, 6) is 0.566. The Labute approximate surface area is 91.7 Å². The highest BCUT2D eigenvalue weighted by molar-refractivity contribution is 6.30. The lowest BCUT2D eigenvalue weighted by molar-refractivity contribution is 1.14. The highest BCUT2D eigenvalue weighted by Crippen LogP contribution is 2.44. The van der Waals surface area contributed by atoms with Crippen molar-refractivity contribution >= 4 is 22.6 Å². The number of hydrogen-bond acceptors (Lipinski definition) is 2. The van der Waals surface area contributed by atoms with E-state index in [1.165, 1.54) is 18.4 Å². The van der Waals surface area contributed by atoms with Crippen molar-refractivity contribution in [2.45, 2.75) is 18.8 Å². The van der Waals surface area contributed by atoms with Gasteiger partial charge in [0.1, 0.15) is 16.9 Å². The van der Waals surface area contributed by atoms with Gasteiger partial charge in [-0.25, -0.2) is 4.98 Å². The third-order valence-electron chi connectivity index (χ3n) is 2.78. The van der Waals surface area contributed by atoms with Crippen LogP contribution in [0.15, 0.2) is 12.3 Å². The topological polar surface area (TPSA) is 52.5 Å². The number of aromatic amines is 1. The number of hydrogen-bond donors (Lipinski definition) is 1. The number of aromatic nitrogens is 2. The summed E-state index contributed by atoms with van der Waals surface area (Å²) in [6.07, 6.45) is 4.07. The Balaban J connectivity index is 2.38. The van der Waals surface area contributed by atoms with Gasteiger partial charge in [0, 0.05) is 11.6 Å². The Morgan fingerprint density at radius 1 is 1.53 bits per heavy atom. The maximum atomic E-state index is 8.99. The van der Waals surface area contributed by atoms with Gasteiger partial charge in [-0.3, -0.25) is 0 Å². The molecule has 1 saturated carbocycles. The fraction of sp³-hybridized carbons (Fsp3) is 0.273. The lowest BCUT2D eigenvalue weighted by Crippen LogP contribution is -1.87. The minimum Gasteiger partial charge on any atom is -0.345 e. The molecule has 0 atom stereocenters. The molecule has 4 heteroatoms. The van der Waals surface area contributed by atoms with Crippen LogP contribution in [0.25, 0.3) is 11.0 Å². The molecular weight excluding hydrogens is 210 g/mol. The molecule has 0 saturated heterocycles. The standard InChI is InChI=1S/C11H8ClN3/c12-9-3-8(6-1-2-6)10-7(4-13)5-14-11(10)15-9/h3,5-6H,1-2H2,(H,14,15). The summed E-state index contributed by atoms with van der Waals surface area (Å²) in [5.41, 5.74) is 2.56. The second-order valence-corrected chi connectivity index (χ2v) is 4.23. The van der Waals surface area contributed by atoms with E-state index in [9.17, 15) is 0 Å². The van der Waals surface area contributed by atoms with Crippen LogP contribution in [0.3, 0.4) is 0 Å². The first-order valence-electron chi connectivity index (χ1n) is 4.87. The highest BCUT2D eigenvalue weighted by atomic mass is 35.5. The zero-order valence-electron chi connectivity index (χ0n) is 7.92. The van der Waals surface area contributed by atoms with Gasteiger partial charge in [-0.05, 0) is 30.4 Å².